The molecule has 0 spiro atoms. The third kappa shape index (κ3) is 4.35. The maximum absolute atomic E-state index is 12.7. The number of carbonyl (C=O) groups is 2. The molecule has 0 atom stereocenters. The standard InChI is InChI=1S/C20H18N2O4S2/c1-25-16-6-4-3-5-15(16)21-12-22-18(23)17(28-20(22)27)11-13-7-9-14(10-8-13)19(24)26-2/h3-11,21H,12H2,1-2H3/b17-11-. The summed E-state index contributed by atoms with van der Waals surface area (Å²) in [6.45, 7) is 0.240. The van der Waals surface area contributed by atoms with E-state index in [-0.39, 0.29) is 12.6 Å². The van der Waals surface area contributed by atoms with E-state index in [9.17, 15) is 9.59 Å². The Morgan fingerprint density at radius 1 is 1.18 bits per heavy atom. The Morgan fingerprint density at radius 2 is 1.89 bits per heavy atom. The number of hydrogen-bond acceptors (Lipinski definition) is 7. The van der Waals surface area contributed by atoms with E-state index in [2.05, 4.69) is 10.1 Å². The van der Waals surface area contributed by atoms with Crippen LogP contribution < -0.4 is 10.1 Å². The lowest BCUT2D eigenvalue weighted by atomic mass is 10.1. The summed E-state index contributed by atoms with van der Waals surface area (Å²) >= 11 is 6.60. The summed E-state index contributed by atoms with van der Waals surface area (Å²) in [5, 5.41) is 3.18. The molecule has 144 valence electrons. The number of hydrogen-bond donors (Lipinski definition) is 1. The lowest BCUT2D eigenvalue weighted by molar-refractivity contribution is -0.121. The van der Waals surface area contributed by atoms with Gasteiger partial charge in [0.25, 0.3) is 5.91 Å². The number of rotatable bonds is 6. The molecule has 0 unspecified atom stereocenters. The zero-order chi connectivity index (χ0) is 20.1. The van der Waals surface area contributed by atoms with Crippen LogP contribution >= 0.6 is 24.0 Å². The first-order valence-corrected chi connectivity index (χ1v) is 9.56. The largest absolute Gasteiger partial charge is 0.495 e. The predicted molar refractivity (Wildman–Crippen MR) is 114 cm³/mol. The summed E-state index contributed by atoms with van der Waals surface area (Å²) in [4.78, 5) is 26.3. The quantitative estimate of drug-likeness (QED) is 0.439. The molecule has 3 rings (SSSR count). The highest BCUT2D eigenvalue weighted by molar-refractivity contribution is 8.26. The van der Waals surface area contributed by atoms with E-state index in [0.717, 1.165) is 11.3 Å². The monoisotopic (exact) mass is 414 g/mol. The van der Waals surface area contributed by atoms with Gasteiger partial charge in [0, 0.05) is 0 Å². The van der Waals surface area contributed by atoms with E-state index in [0.29, 0.717) is 20.5 Å². The lowest BCUT2D eigenvalue weighted by Crippen LogP contribution is -2.33. The van der Waals surface area contributed by atoms with Gasteiger partial charge in [-0.2, -0.15) is 0 Å². The first kappa shape index (κ1) is 19.9. The molecule has 8 heteroatoms. The summed E-state index contributed by atoms with van der Waals surface area (Å²) in [7, 11) is 2.93. The molecule has 6 nitrogen and oxygen atoms in total. The zero-order valence-corrected chi connectivity index (χ0v) is 16.9. The smallest absolute Gasteiger partial charge is 0.337 e. The number of esters is 1. The van der Waals surface area contributed by atoms with Crippen molar-refractivity contribution in [1.82, 2.24) is 4.90 Å². The van der Waals surface area contributed by atoms with Crippen LogP contribution in [0.5, 0.6) is 5.75 Å². The Balaban J connectivity index is 1.70. The topological polar surface area (TPSA) is 67.9 Å². The second-order valence-corrected chi connectivity index (χ2v) is 7.43. The summed E-state index contributed by atoms with van der Waals surface area (Å²) in [5.74, 6) is 0.115. The molecule has 1 saturated heterocycles. The van der Waals surface area contributed by atoms with Crippen LogP contribution in [0.15, 0.2) is 53.4 Å². The lowest BCUT2D eigenvalue weighted by Gasteiger charge is -2.17. The van der Waals surface area contributed by atoms with Crippen molar-refractivity contribution in [3.8, 4) is 5.75 Å². The number of thiocarbonyl (C=S) groups is 1. The van der Waals surface area contributed by atoms with E-state index in [1.807, 2.05) is 24.3 Å². The minimum atomic E-state index is -0.403. The Hall–Kier alpha value is -2.84. The van der Waals surface area contributed by atoms with Crippen molar-refractivity contribution in [2.75, 3.05) is 26.2 Å². The van der Waals surface area contributed by atoms with E-state index in [1.165, 1.54) is 23.8 Å². The van der Waals surface area contributed by atoms with Gasteiger partial charge in [0.1, 0.15) is 10.1 Å². The summed E-state index contributed by atoms with van der Waals surface area (Å²) in [6.07, 6.45) is 1.75. The van der Waals surface area contributed by atoms with Crippen molar-refractivity contribution in [3.63, 3.8) is 0 Å². The fraction of sp³-hybridized carbons (Fsp3) is 0.150. The SMILES string of the molecule is COC(=O)c1ccc(/C=C2\SC(=S)N(CNc3ccccc3OC)C2=O)cc1. The molecule has 1 fully saturated rings. The minimum Gasteiger partial charge on any atom is -0.495 e. The molecule has 28 heavy (non-hydrogen) atoms. The summed E-state index contributed by atoms with van der Waals surface area (Å²) in [5.41, 5.74) is 2.03. The van der Waals surface area contributed by atoms with Crippen molar-refractivity contribution in [1.29, 1.82) is 0 Å². The Bertz CT molecular complexity index is 941. The molecule has 0 bridgehead atoms. The number of carbonyl (C=O) groups excluding carboxylic acids is 2. The molecule has 0 saturated carbocycles. The summed E-state index contributed by atoms with van der Waals surface area (Å²) < 4.78 is 10.5. The highest BCUT2D eigenvalue weighted by Crippen LogP contribution is 2.33. The van der Waals surface area contributed by atoms with Crippen LogP contribution in [0.25, 0.3) is 6.08 Å². The van der Waals surface area contributed by atoms with E-state index in [1.54, 1.807) is 37.5 Å². The zero-order valence-electron chi connectivity index (χ0n) is 15.3. The molecule has 1 N–H and O–H groups in total. The van der Waals surface area contributed by atoms with Crippen molar-refractivity contribution in [3.05, 3.63) is 64.6 Å². The van der Waals surface area contributed by atoms with Crippen LogP contribution in [0.1, 0.15) is 15.9 Å². The van der Waals surface area contributed by atoms with Crippen molar-refractivity contribution >= 4 is 51.9 Å². The number of thioether (sulfide) groups is 1. The highest BCUT2D eigenvalue weighted by atomic mass is 32.2. The molecule has 2 aromatic carbocycles. The van der Waals surface area contributed by atoms with Crippen LogP contribution in [0.3, 0.4) is 0 Å². The molecule has 0 aromatic heterocycles. The normalized spacial score (nSPS) is 15.1. The maximum Gasteiger partial charge on any atom is 0.337 e. The second kappa shape index (κ2) is 8.90. The first-order chi connectivity index (χ1) is 13.5. The fourth-order valence-corrected chi connectivity index (χ4v) is 3.83. The molecule has 1 aliphatic heterocycles. The van der Waals surface area contributed by atoms with Gasteiger partial charge in [-0.15, -0.1) is 0 Å². The number of amides is 1. The van der Waals surface area contributed by atoms with Crippen LogP contribution in [-0.2, 0) is 9.53 Å². The Kier molecular flexibility index (Phi) is 6.33. The Labute approximate surface area is 172 Å². The number of benzene rings is 2. The molecular weight excluding hydrogens is 396 g/mol. The van der Waals surface area contributed by atoms with Gasteiger partial charge in [-0.1, -0.05) is 48.2 Å². The first-order valence-electron chi connectivity index (χ1n) is 8.34. The van der Waals surface area contributed by atoms with Gasteiger partial charge in [-0.3, -0.25) is 9.69 Å². The molecule has 1 heterocycles. The van der Waals surface area contributed by atoms with Crippen molar-refractivity contribution in [2.24, 2.45) is 0 Å². The van der Waals surface area contributed by atoms with Gasteiger partial charge < -0.3 is 14.8 Å². The average molecular weight is 415 g/mol. The van der Waals surface area contributed by atoms with Gasteiger partial charge in [0.2, 0.25) is 0 Å². The minimum absolute atomic E-state index is 0.172. The molecular formula is C20H18N2O4S2. The van der Waals surface area contributed by atoms with Gasteiger partial charge in [0.15, 0.2) is 0 Å². The molecule has 1 amide bonds. The van der Waals surface area contributed by atoms with Gasteiger partial charge in [-0.05, 0) is 35.9 Å². The number of methoxy groups -OCH3 is 2. The van der Waals surface area contributed by atoms with Crippen LogP contribution in [0.4, 0.5) is 5.69 Å². The molecule has 0 radical (unpaired) electrons. The van der Waals surface area contributed by atoms with Crippen molar-refractivity contribution < 1.29 is 19.1 Å². The summed E-state index contributed by atoms with van der Waals surface area (Å²) in [6, 6.07) is 14.3. The maximum atomic E-state index is 12.7. The van der Waals surface area contributed by atoms with Crippen molar-refractivity contribution in [2.45, 2.75) is 0 Å². The number of nitrogens with zero attached hydrogens (tertiary/aromatic N) is 1. The highest BCUT2D eigenvalue weighted by Gasteiger charge is 2.31. The third-order valence-corrected chi connectivity index (χ3v) is 5.42. The van der Waals surface area contributed by atoms with Crippen LogP contribution in [0.2, 0.25) is 0 Å². The number of ether oxygens (including phenoxy) is 2. The Morgan fingerprint density at radius 3 is 2.57 bits per heavy atom. The van der Waals surface area contributed by atoms with Crippen LogP contribution in [-0.4, -0.2) is 42.0 Å². The van der Waals surface area contributed by atoms with Gasteiger partial charge >= 0.3 is 5.97 Å². The molecule has 0 aliphatic carbocycles. The third-order valence-electron chi connectivity index (χ3n) is 4.04. The van der Waals surface area contributed by atoms with Crippen LogP contribution in [0, 0.1) is 0 Å². The number of anilines is 1. The van der Waals surface area contributed by atoms with E-state index < -0.39 is 5.97 Å². The van der Waals surface area contributed by atoms with E-state index >= 15 is 0 Å². The number of nitrogens with one attached hydrogen (secondary N) is 1. The fourth-order valence-electron chi connectivity index (χ4n) is 2.58. The molecule has 1 aliphatic rings. The molecule has 2 aromatic rings. The second-order valence-electron chi connectivity index (χ2n) is 5.76. The van der Waals surface area contributed by atoms with E-state index in [4.69, 9.17) is 17.0 Å². The number of para-hydroxylation sites is 2. The van der Waals surface area contributed by atoms with Gasteiger partial charge in [0.05, 0.1) is 37.0 Å². The average Bonchev–Trinajstić information content (AvgIpc) is 2.99. The van der Waals surface area contributed by atoms with Gasteiger partial charge in [-0.25, -0.2) is 4.79 Å². The predicted octanol–water partition coefficient (Wildman–Crippen LogP) is 3.75.